The van der Waals surface area contributed by atoms with Crippen LogP contribution in [0.25, 0.3) is 17.0 Å². The number of hydrogen-bond acceptors (Lipinski definition) is 6. The van der Waals surface area contributed by atoms with Crippen molar-refractivity contribution in [2.75, 3.05) is 20.8 Å². The highest BCUT2D eigenvalue weighted by Gasteiger charge is 2.30. The monoisotopic (exact) mass is 483 g/mol. The van der Waals surface area contributed by atoms with Crippen LogP contribution in [-0.2, 0) is 7.05 Å². The maximum absolute atomic E-state index is 13.1. The zero-order valence-corrected chi connectivity index (χ0v) is 20.5. The van der Waals surface area contributed by atoms with Crippen LogP contribution in [0, 0.1) is 6.92 Å². The van der Waals surface area contributed by atoms with Crippen LogP contribution in [0.1, 0.15) is 31.8 Å². The van der Waals surface area contributed by atoms with Crippen molar-refractivity contribution in [3.05, 3.63) is 88.8 Å². The smallest absolute Gasteiger partial charge is 0.231 e. The highest BCUT2D eigenvalue weighted by Crippen LogP contribution is 2.40. The molecule has 7 heteroatoms. The van der Waals surface area contributed by atoms with Gasteiger partial charge in [0, 0.05) is 40.8 Å². The Bertz CT molecular complexity index is 1530. The quantitative estimate of drug-likeness (QED) is 0.259. The first kappa shape index (κ1) is 23.2. The molecule has 5 rings (SSSR count). The number of aromatic nitrogens is 1. The van der Waals surface area contributed by atoms with E-state index in [1.54, 1.807) is 56.7 Å². The second kappa shape index (κ2) is 9.26. The van der Waals surface area contributed by atoms with Gasteiger partial charge >= 0.3 is 0 Å². The zero-order valence-electron chi connectivity index (χ0n) is 20.5. The number of allylic oxidation sites excluding steroid dienone is 1. The number of carbonyl (C=O) groups excluding carboxylic acids is 2. The highest BCUT2D eigenvalue weighted by atomic mass is 16.5. The highest BCUT2D eigenvalue weighted by molar-refractivity contribution is 6.15. The molecular formula is C29H25NO6. The van der Waals surface area contributed by atoms with E-state index in [0.29, 0.717) is 33.9 Å². The number of hydrogen-bond donors (Lipinski definition) is 0. The Hall–Kier alpha value is -4.52. The second-order valence-corrected chi connectivity index (χ2v) is 8.52. The summed E-state index contributed by atoms with van der Waals surface area (Å²) in [6.07, 6.45) is 3.69. The molecule has 0 amide bonds. The van der Waals surface area contributed by atoms with Crippen LogP contribution in [-0.4, -0.2) is 37.0 Å². The molecule has 2 heterocycles. The van der Waals surface area contributed by atoms with Gasteiger partial charge in [-0.3, -0.25) is 9.59 Å². The number of carbonyl (C=O) groups is 2. The summed E-state index contributed by atoms with van der Waals surface area (Å²) in [6.45, 7) is 1.67. The molecule has 3 aromatic carbocycles. The zero-order chi connectivity index (χ0) is 25.4. The number of benzene rings is 3. The molecule has 1 aliphatic heterocycles. The van der Waals surface area contributed by atoms with Gasteiger partial charge < -0.3 is 23.5 Å². The second-order valence-electron chi connectivity index (χ2n) is 8.52. The van der Waals surface area contributed by atoms with Gasteiger partial charge in [0.2, 0.25) is 5.78 Å². The molecule has 1 aromatic heterocycles. The van der Waals surface area contributed by atoms with Crippen molar-refractivity contribution >= 4 is 28.5 Å². The molecular weight excluding hydrogens is 458 g/mol. The maximum Gasteiger partial charge on any atom is 0.231 e. The number of aryl methyl sites for hydroxylation is 1. The van der Waals surface area contributed by atoms with Crippen molar-refractivity contribution < 1.29 is 28.5 Å². The molecule has 7 nitrogen and oxygen atoms in total. The van der Waals surface area contributed by atoms with Crippen LogP contribution in [0.15, 0.2) is 66.6 Å². The lowest BCUT2D eigenvalue weighted by molar-refractivity contribution is 0.0920. The predicted octanol–water partition coefficient (Wildman–Crippen LogP) is 5.38. The van der Waals surface area contributed by atoms with Gasteiger partial charge in [-0.25, -0.2) is 0 Å². The minimum Gasteiger partial charge on any atom is -0.497 e. The van der Waals surface area contributed by atoms with Crippen molar-refractivity contribution in [2.24, 2.45) is 7.05 Å². The van der Waals surface area contributed by atoms with E-state index >= 15 is 0 Å². The van der Waals surface area contributed by atoms with Crippen molar-refractivity contribution in [3.8, 4) is 23.0 Å². The van der Waals surface area contributed by atoms with Gasteiger partial charge in [-0.2, -0.15) is 0 Å². The Morgan fingerprint density at radius 3 is 2.44 bits per heavy atom. The van der Waals surface area contributed by atoms with Crippen LogP contribution in [0.3, 0.4) is 0 Å². The van der Waals surface area contributed by atoms with Crippen molar-refractivity contribution in [1.82, 2.24) is 4.57 Å². The van der Waals surface area contributed by atoms with Crippen LogP contribution in [0.4, 0.5) is 0 Å². The number of nitrogens with zero attached hydrogens (tertiary/aromatic N) is 1. The van der Waals surface area contributed by atoms with Gasteiger partial charge in [-0.05, 0) is 67.6 Å². The molecule has 0 bridgehead atoms. The summed E-state index contributed by atoms with van der Waals surface area (Å²) in [7, 11) is 5.14. The molecule has 0 aliphatic carbocycles. The fourth-order valence-electron chi connectivity index (χ4n) is 4.31. The molecule has 0 saturated carbocycles. The largest absolute Gasteiger partial charge is 0.497 e. The molecule has 4 aromatic rings. The van der Waals surface area contributed by atoms with Crippen molar-refractivity contribution in [3.63, 3.8) is 0 Å². The van der Waals surface area contributed by atoms with E-state index in [1.165, 1.54) is 0 Å². The first-order chi connectivity index (χ1) is 17.4. The third-order valence-corrected chi connectivity index (χ3v) is 6.32. The van der Waals surface area contributed by atoms with E-state index in [0.717, 1.165) is 22.2 Å². The number of ketones is 2. The van der Waals surface area contributed by atoms with E-state index in [9.17, 15) is 9.59 Å². The molecule has 0 unspecified atom stereocenters. The van der Waals surface area contributed by atoms with E-state index in [1.807, 2.05) is 42.9 Å². The van der Waals surface area contributed by atoms with Crippen molar-refractivity contribution in [2.45, 2.75) is 6.92 Å². The Morgan fingerprint density at radius 2 is 1.72 bits per heavy atom. The average molecular weight is 484 g/mol. The molecule has 0 radical (unpaired) electrons. The summed E-state index contributed by atoms with van der Waals surface area (Å²) in [4.78, 5) is 25.7. The van der Waals surface area contributed by atoms with Crippen LogP contribution < -0.4 is 18.9 Å². The number of rotatable bonds is 7. The van der Waals surface area contributed by atoms with E-state index < -0.39 is 0 Å². The number of Topliss-reactive ketones (excluding diaryl/α,β-unsaturated/α-hetero) is 2. The van der Waals surface area contributed by atoms with Gasteiger partial charge in [-0.15, -0.1) is 0 Å². The number of methoxy groups -OCH3 is 2. The van der Waals surface area contributed by atoms with E-state index in [4.69, 9.17) is 18.9 Å². The number of ether oxygens (including phenoxy) is 4. The van der Waals surface area contributed by atoms with Gasteiger partial charge in [0.15, 0.2) is 18.1 Å². The molecule has 0 N–H and O–H groups in total. The molecule has 0 fully saturated rings. The predicted molar refractivity (Wildman–Crippen MR) is 136 cm³/mol. The average Bonchev–Trinajstić information content (AvgIpc) is 3.39. The first-order valence-electron chi connectivity index (χ1n) is 11.4. The van der Waals surface area contributed by atoms with Crippen molar-refractivity contribution in [1.29, 1.82) is 0 Å². The molecule has 36 heavy (non-hydrogen) atoms. The molecule has 182 valence electrons. The molecule has 0 atom stereocenters. The summed E-state index contributed by atoms with van der Waals surface area (Å²) >= 11 is 0. The summed E-state index contributed by atoms with van der Waals surface area (Å²) in [5.74, 6) is 2.20. The standard InChI is InChI=1S/C29H25NO6/c1-17-26(35-16-25(31)18-5-7-20(33-3)8-6-18)12-10-22-28(32)27(36-29(17)22)13-19-15-30(2)24-11-9-21(34-4)14-23(19)24/h5-15H,16H2,1-4H3/b27-13-. The Balaban J connectivity index is 1.38. The van der Waals surface area contributed by atoms with Crippen LogP contribution in [0.5, 0.6) is 23.0 Å². The summed E-state index contributed by atoms with van der Waals surface area (Å²) in [6, 6.07) is 16.0. The first-order valence-corrected chi connectivity index (χ1v) is 11.4. The lowest BCUT2D eigenvalue weighted by Crippen LogP contribution is -2.12. The third kappa shape index (κ3) is 4.09. The fourth-order valence-corrected chi connectivity index (χ4v) is 4.31. The minimum atomic E-state index is -0.200. The maximum atomic E-state index is 13.1. The fraction of sp³-hybridized carbons (Fsp3) is 0.172. The lowest BCUT2D eigenvalue weighted by atomic mass is 10.1. The van der Waals surface area contributed by atoms with Gasteiger partial charge in [0.1, 0.15) is 23.0 Å². The van der Waals surface area contributed by atoms with E-state index in [2.05, 4.69) is 0 Å². The third-order valence-electron chi connectivity index (χ3n) is 6.32. The Kier molecular flexibility index (Phi) is 5.98. The molecule has 0 saturated heterocycles. The van der Waals surface area contributed by atoms with Crippen LogP contribution in [0.2, 0.25) is 0 Å². The summed E-state index contributed by atoms with van der Waals surface area (Å²) in [5.41, 5.74) is 3.51. The Morgan fingerprint density at radius 1 is 1.00 bits per heavy atom. The van der Waals surface area contributed by atoms with Crippen LogP contribution >= 0.6 is 0 Å². The normalized spacial score (nSPS) is 13.6. The minimum absolute atomic E-state index is 0.138. The summed E-state index contributed by atoms with van der Waals surface area (Å²) in [5, 5.41) is 0.953. The van der Waals surface area contributed by atoms with Gasteiger partial charge in [-0.1, -0.05) is 0 Å². The Labute approximate surface area is 208 Å². The molecule has 1 aliphatic rings. The lowest BCUT2D eigenvalue weighted by Gasteiger charge is -2.11. The number of fused-ring (bicyclic) bond motifs is 2. The topological polar surface area (TPSA) is 76.0 Å². The molecule has 0 spiro atoms. The summed E-state index contributed by atoms with van der Waals surface area (Å²) < 4.78 is 24.3. The van der Waals surface area contributed by atoms with Gasteiger partial charge in [0.05, 0.1) is 19.8 Å². The SMILES string of the molecule is COc1ccc(C(=O)COc2ccc3c(c2C)O/C(=C\c2cn(C)c4ccc(OC)cc24)C3=O)cc1. The van der Waals surface area contributed by atoms with Gasteiger partial charge in [0.25, 0.3) is 0 Å². The van der Waals surface area contributed by atoms with E-state index in [-0.39, 0.29) is 23.9 Å².